The van der Waals surface area contributed by atoms with Crippen LogP contribution in [0.1, 0.15) is 22.3 Å². The van der Waals surface area contributed by atoms with Gasteiger partial charge in [0, 0.05) is 33.4 Å². The highest BCUT2D eigenvalue weighted by Gasteiger charge is 2.21. The maximum atomic E-state index is 5.14. The summed E-state index contributed by atoms with van der Waals surface area (Å²) in [6.07, 6.45) is 0. The quantitative estimate of drug-likeness (QED) is 0.142. The SMILES string of the molecule is Cc1ccc(-c2nc(-c3ccc(C)cc3)nc(-c3cccc(-c4c(-c5cccc(-c6nc(-c7ccc(C)cc7)nc(-c7ccc(C)cc7)n6)c5)c5ccccc5c5ccccc45)c3)n2)cc1. The van der Waals surface area contributed by atoms with Crippen molar-refractivity contribution in [3.05, 3.63) is 216 Å². The highest BCUT2D eigenvalue weighted by atomic mass is 15.0. The van der Waals surface area contributed by atoms with E-state index in [4.69, 9.17) is 29.9 Å². The number of benzene rings is 9. The van der Waals surface area contributed by atoms with Gasteiger partial charge in [0.05, 0.1) is 0 Å². The number of rotatable bonds is 8. The predicted molar refractivity (Wildman–Crippen MR) is 271 cm³/mol. The largest absolute Gasteiger partial charge is 0.208 e. The minimum atomic E-state index is 0.607. The van der Waals surface area contributed by atoms with Crippen molar-refractivity contribution in [2.24, 2.45) is 0 Å². The van der Waals surface area contributed by atoms with E-state index in [0.717, 1.165) is 66.4 Å². The fourth-order valence-corrected chi connectivity index (χ4v) is 8.71. The van der Waals surface area contributed by atoms with E-state index < -0.39 is 0 Å². The van der Waals surface area contributed by atoms with Crippen molar-refractivity contribution in [2.75, 3.05) is 0 Å². The number of aromatic nitrogens is 6. The molecule has 2 aromatic heterocycles. The zero-order chi connectivity index (χ0) is 44.7. The van der Waals surface area contributed by atoms with Gasteiger partial charge in [-0.05, 0) is 83.6 Å². The van der Waals surface area contributed by atoms with Crippen LogP contribution in [0.3, 0.4) is 0 Å². The monoisotopic (exact) mass is 848 g/mol. The predicted octanol–water partition coefficient (Wildman–Crippen LogP) is 14.9. The first-order valence-corrected chi connectivity index (χ1v) is 22.3. The standard InChI is InChI=1S/C60H44N6/c1-37-19-27-41(28-20-37)55-61-56(42-29-21-38(2)22-30-42)64-59(63-55)47-13-9-11-45(35-47)53-51-17-7-5-15-49(51)50-16-6-8-18-52(50)54(53)46-12-10-14-48(36-46)60-65-57(43-31-23-39(3)24-32-43)62-58(66-60)44-33-25-40(4)26-34-44/h5-36H,1-4H3. The Balaban J connectivity index is 1.11. The maximum Gasteiger partial charge on any atom is 0.164 e. The fourth-order valence-electron chi connectivity index (χ4n) is 8.71. The Bertz CT molecular complexity index is 3230. The molecule has 0 aliphatic carbocycles. The Kier molecular flexibility index (Phi) is 10.3. The first-order chi connectivity index (χ1) is 32.3. The lowest BCUT2D eigenvalue weighted by atomic mass is 9.84. The van der Waals surface area contributed by atoms with Crippen LogP contribution in [-0.2, 0) is 0 Å². The van der Waals surface area contributed by atoms with Crippen molar-refractivity contribution in [2.45, 2.75) is 27.7 Å². The van der Waals surface area contributed by atoms with Crippen LogP contribution < -0.4 is 0 Å². The molecule has 0 N–H and O–H groups in total. The molecule has 11 aromatic rings. The van der Waals surface area contributed by atoms with Crippen LogP contribution in [0.4, 0.5) is 0 Å². The average Bonchev–Trinajstić information content (AvgIpc) is 3.36. The summed E-state index contributed by atoms with van der Waals surface area (Å²) in [4.78, 5) is 30.6. The van der Waals surface area contributed by atoms with E-state index in [2.05, 4.69) is 222 Å². The van der Waals surface area contributed by atoms with E-state index in [1.54, 1.807) is 0 Å². The van der Waals surface area contributed by atoms with Gasteiger partial charge in [-0.3, -0.25) is 0 Å². The lowest BCUT2D eigenvalue weighted by Gasteiger charge is -2.19. The van der Waals surface area contributed by atoms with Crippen molar-refractivity contribution in [3.63, 3.8) is 0 Å². The lowest BCUT2D eigenvalue weighted by molar-refractivity contribution is 1.07. The van der Waals surface area contributed by atoms with Crippen LogP contribution in [-0.4, -0.2) is 29.9 Å². The molecule has 0 amide bonds. The summed E-state index contributed by atoms with van der Waals surface area (Å²) in [5.74, 6) is 3.73. The summed E-state index contributed by atoms with van der Waals surface area (Å²) in [6.45, 7) is 8.35. The third-order valence-electron chi connectivity index (χ3n) is 12.3. The van der Waals surface area contributed by atoms with Gasteiger partial charge in [-0.1, -0.05) is 204 Å². The molecule has 0 aliphatic heterocycles. The maximum absolute atomic E-state index is 5.14. The summed E-state index contributed by atoms with van der Waals surface area (Å²) in [5.41, 5.74) is 14.6. The minimum absolute atomic E-state index is 0.607. The van der Waals surface area contributed by atoms with Gasteiger partial charge >= 0.3 is 0 Å². The average molecular weight is 849 g/mol. The van der Waals surface area contributed by atoms with E-state index in [9.17, 15) is 0 Å². The third-order valence-corrected chi connectivity index (χ3v) is 12.3. The summed E-state index contributed by atoms with van der Waals surface area (Å²) in [6, 6.07) is 68.1. The van der Waals surface area contributed by atoms with Gasteiger partial charge in [0.15, 0.2) is 34.9 Å². The lowest BCUT2D eigenvalue weighted by Crippen LogP contribution is -2.01. The van der Waals surface area contributed by atoms with E-state index in [1.165, 1.54) is 33.0 Å². The van der Waals surface area contributed by atoms with Crippen LogP contribution >= 0.6 is 0 Å². The number of hydrogen-bond donors (Lipinski definition) is 0. The third kappa shape index (κ3) is 7.79. The van der Waals surface area contributed by atoms with Crippen molar-refractivity contribution >= 4 is 21.5 Å². The zero-order valence-electron chi connectivity index (χ0n) is 37.2. The van der Waals surface area contributed by atoms with E-state index in [0.29, 0.717) is 34.9 Å². The van der Waals surface area contributed by atoms with Gasteiger partial charge in [-0.15, -0.1) is 0 Å². The number of fused-ring (bicyclic) bond motifs is 3. The van der Waals surface area contributed by atoms with Gasteiger partial charge in [-0.25, -0.2) is 29.9 Å². The summed E-state index contributed by atoms with van der Waals surface area (Å²) in [5, 5.41) is 4.65. The second-order valence-corrected chi connectivity index (χ2v) is 17.1. The Morgan fingerprint density at radius 2 is 0.455 bits per heavy atom. The van der Waals surface area contributed by atoms with E-state index >= 15 is 0 Å². The van der Waals surface area contributed by atoms with Crippen LogP contribution in [0.2, 0.25) is 0 Å². The van der Waals surface area contributed by atoms with E-state index in [-0.39, 0.29) is 0 Å². The highest BCUT2D eigenvalue weighted by Crippen LogP contribution is 2.46. The molecule has 0 saturated heterocycles. The Labute approximate surface area is 384 Å². The first-order valence-electron chi connectivity index (χ1n) is 22.3. The van der Waals surface area contributed by atoms with E-state index in [1.807, 2.05) is 0 Å². The second-order valence-electron chi connectivity index (χ2n) is 17.1. The number of hydrogen-bond acceptors (Lipinski definition) is 6. The summed E-state index contributed by atoms with van der Waals surface area (Å²) >= 11 is 0. The van der Waals surface area contributed by atoms with Crippen molar-refractivity contribution in [1.82, 2.24) is 29.9 Å². The zero-order valence-corrected chi connectivity index (χ0v) is 37.2. The van der Waals surface area contributed by atoms with Gasteiger partial charge in [-0.2, -0.15) is 0 Å². The molecule has 0 unspecified atom stereocenters. The summed E-state index contributed by atoms with van der Waals surface area (Å²) < 4.78 is 0. The van der Waals surface area contributed by atoms with Gasteiger partial charge in [0.1, 0.15) is 0 Å². The first kappa shape index (κ1) is 40.3. The number of nitrogens with zero attached hydrogens (tertiary/aromatic N) is 6. The van der Waals surface area contributed by atoms with Crippen LogP contribution in [0.15, 0.2) is 194 Å². The molecular formula is C60H44N6. The van der Waals surface area contributed by atoms with Gasteiger partial charge < -0.3 is 0 Å². The molecule has 6 heteroatoms. The van der Waals surface area contributed by atoms with Crippen LogP contribution in [0.25, 0.3) is 112 Å². The molecule has 6 nitrogen and oxygen atoms in total. The minimum Gasteiger partial charge on any atom is -0.208 e. The molecule has 2 heterocycles. The summed E-state index contributed by atoms with van der Waals surface area (Å²) in [7, 11) is 0. The Morgan fingerprint density at radius 1 is 0.212 bits per heavy atom. The Morgan fingerprint density at radius 3 is 0.742 bits per heavy atom. The van der Waals surface area contributed by atoms with Crippen molar-refractivity contribution < 1.29 is 0 Å². The molecule has 0 fully saturated rings. The molecule has 0 saturated carbocycles. The van der Waals surface area contributed by atoms with Crippen molar-refractivity contribution in [1.29, 1.82) is 0 Å². The molecule has 9 aromatic carbocycles. The van der Waals surface area contributed by atoms with Crippen molar-refractivity contribution in [3.8, 4) is 90.6 Å². The number of aryl methyl sites for hydroxylation is 4. The smallest absolute Gasteiger partial charge is 0.164 e. The van der Waals surface area contributed by atoms with Gasteiger partial charge in [0.2, 0.25) is 0 Å². The molecule has 0 bridgehead atoms. The van der Waals surface area contributed by atoms with Crippen LogP contribution in [0, 0.1) is 27.7 Å². The van der Waals surface area contributed by atoms with Crippen LogP contribution in [0.5, 0.6) is 0 Å². The molecule has 11 rings (SSSR count). The molecule has 314 valence electrons. The fraction of sp³-hybridized carbons (Fsp3) is 0.0667. The molecular weight excluding hydrogens is 805 g/mol. The highest BCUT2D eigenvalue weighted by molar-refractivity contribution is 6.21. The normalized spacial score (nSPS) is 11.3. The topological polar surface area (TPSA) is 77.3 Å². The molecule has 66 heavy (non-hydrogen) atoms. The molecule has 0 atom stereocenters. The van der Waals surface area contributed by atoms with Gasteiger partial charge in [0.25, 0.3) is 0 Å². The second kappa shape index (κ2) is 16.9. The molecule has 0 radical (unpaired) electrons. The molecule has 0 spiro atoms. The molecule has 0 aliphatic rings. The Hall–Kier alpha value is -8.48.